The second-order valence-electron chi connectivity index (χ2n) is 6.79. The fourth-order valence-corrected chi connectivity index (χ4v) is 3.23. The molecule has 0 saturated heterocycles. The molecule has 0 saturated carbocycles. The van der Waals surface area contributed by atoms with Crippen molar-refractivity contribution in [3.63, 3.8) is 0 Å². The molecule has 1 heterocycles. The summed E-state index contributed by atoms with van der Waals surface area (Å²) >= 11 is 0. The fourth-order valence-electron chi connectivity index (χ4n) is 3.23. The zero-order chi connectivity index (χ0) is 18.7. The van der Waals surface area contributed by atoms with Crippen molar-refractivity contribution >= 4 is 5.91 Å². The number of rotatable bonds is 5. The van der Waals surface area contributed by atoms with Gasteiger partial charge in [0.25, 0.3) is 5.91 Å². The lowest BCUT2D eigenvalue weighted by atomic mass is 10.1. The number of benzene rings is 2. The number of aromatic nitrogens is 2. The number of nitrogens with zero attached hydrogens (tertiary/aromatic N) is 2. The lowest BCUT2D eigenvalue weighted by Crippen LogP contribution is -2.24. The average Bonchev–Trinajstić information content (AvgIpc) is 2.87. The summed E-state index contributed by atoms with van der Waals surface area (Å²) in [7, 11) is 0. The van der Waals surface area contributed by atoms with E-state index in [0.717, 1.165) is 40.2 Å². The molecular weight excluding hydrogens is 322 g/mol. The third kappa shape index (κ3) is 3.85. The number of nitrogens with one attached hydrogen (secondary N) is 1. The van der Waals surface area contributed by atoms with Crippen LogP contribution in [-0.4, -0.2) is 15.7 Å². The van der Waals surface area contributed by atoms with E-state index in [1.165, 1.54) is 5.56 Å². The molecule has 0 aliphatic rings. The van der Waals surface area contributed by atoms with Gasteiger partial charge in [0.15, 0.2) is 0 Å². The highest BCUT2D eigenvalue weighted by molar-refractivity contribution is 5.95. The molecule has 1 aromatic heterocycles. The van der Waals surface area contributed by atoms with Crippen molar-refractivity contribution in [1.29, 1.82) is 0 Å². The zero-order valence-electron chi connectivity index (χ0n) is 15.8. The molecule has 0 fully saturated rings. The Morgan fingerprint density at radius 1 is 1.04 bits per heavy atom. The molecule has 0 spiro atoms. The molecule has 1 amide bonds. The van der Waals surface area contributed by atoms with Gasteiger partial charge in [-0.1, -0.05) is 48.0 Å². The van der Waals surface area contributed by atoms with E-state index in [9.17, 15) is 4.79 Å². The van der Waals surface area contributed by atoms with Crippen LogP contribution >= 0.6 is 0 Å². The predicted octanol–water partition coefficient (Wildman–Crippen LogP) is 4.10. The first kappa shape index (κ1) is 17.9. The Kier molecular flexibility index (Phi) is 5.21. The molecule has 4 heteroatoms. The standard InChI is InChI=1S/C22H25N3O/c1-15-10-11-20(16(2)12-15)22(26)23-13-21-17(3)24-25(18(21)4)14-19-8-6-5-7-9-19/h5-12H,13-14H2,1-4H3,(H,23,26). The molecule has 0 aliphatic heterocycles. The molecular formula is C22H25N3O. The second-order valence-corrected chi connectivity index (χ2v) is 6.79. The average molecular weight is 347 g/mol. The van der Waals surface area contributed by atoms with Gasteiger partial charge in [-0.3, -0.25) is 9.48 Å². The Bertz CT molecular complexity index is 926. The van der Waals surface area contributed by atoms with Crippen LogP contribution in [-0.2, 0) is 13.1 Å². The molecule has 4 nitrogen and oxygen atoms in total. The molecule has 3 rings (SSSR count). The maximum atomic E-state index is 12.5. The Hall–Kier alpha value is -2.88. The summed E-state index contributed by atoms with van der Waals surface area (Å²) in [6.07, 6.45) is 0. The summed E-state index contributed by atoms with van der Waals surface area (Å²) in [5.74, 6) is -0.0443. The topological polar surface area (TPSA) is 46.9 Å². The first-order valence-electron chi connectivity index (χ1n) is 8.88. The van der Waals surface area contributed by atoms with Gasteiger partial charge in [-0.2, -0.15) is 5.10 Å². The number of aryl methyl sites for hydroxylation is 3. The zero-order valence-corrected chi connectivity index (χ0v) is 15.8. The van der Waals surface area contributed by atoms with E-state index in [1.54, 1.807) is 0 Å². The van der Waals surface area contributed by atoms with Gasteiger partial charge in [0, 0.05) is 23.4 Å². The maximum Gasteiger partial charge on any atom is 0.251 e. The third-order valence-electron chi connectivity index (χ3n) is 4.76. The van der Waals surface area contributed by atoms with Crippen molar-refractivity contribution < 1.29 is 4.79 Å². The fraction of sp³-hybridized carbons (Fsp3) is 0.273. The monoisotopic (exact) mass is 347 g/mol. The molecule has 0 unspecified atom stereocenters. The lowest BCUT2D eigenvalue weighted by Gasteiger charge is -2.09. The molecule has 134 valence electrons. The molecule has 0 bridgehead atoms. The normalized spacial score (nSPS) is 10.8. The van der Waals surface area contributed by atoms with Crippen LogP contribution in [0, 0.1) is 27.7 Å². The van der Waals surface area contributed by atoms with Gasteiger partial charge in [0.05, 0.1) is 12.2 Å². The quantitative estimate of drug-likeness (QED) is 0.755. The molecule has 0 radical (unpaired) electrons. The highest BCUT2D eigenvalue weighted by atomic mass is 16.1. The minimum Gasteiger partial charge on any atom is -0.348 e. The van der Waals surface area contributed by atoms with E-state index in [1.807, 2.05) is 61.9 Å². The first-order valence-corrected chi connectivity index (χ1v) is 8.88. The van der Waals surface area contributed by atoms with Crippen molar-refractivity contribution in [2.75, 3.05) is 0 Å². The molecule has 0 aliphatic carbocycles. The summed E-state index contributed by atoms with van der Waals surface area (Å²) in [6, 6.07) is 16.2. The molecule has 2 aromatic carbocycles. The van der Waals surface area contributed by atoms with Gasteiger partial charge in [-0.25, -0.2) is 0 Å². The molecule has 3 aromatic rings. The van der Waals surface area contributed by atoms with Crippen LogP contribution in [0.15, 0.2) is 48.5 Å². The van der Waals surface area contributed by atoms with Crippen LogP contribution < -0.4 is 5.32 Å². The predicted molar refractivity (Wildman–Crippen MR) is 104 cm³/mol. The van der Waals surface area contributed by atoms with E-state index in [0.29, 0.717) is 6.54 Å². The third-order valence-corrected chi connectivity index (χ3v) is 4.76. The van der Waals surface area contributed by atoms with Crippen LogP contribution in [0.3, 0.4) is 0 Å². The van der Waals surface area contributed by atoms with Crippen LogP contribution in [0.1, 0.15) is 44.0 Å². The maximum absolute atomic E-state index is 12.5. The Balaban J connectivity index is 1.73. The van der Waals surface area contributed by atoms with Crippen molar-refractivity contribution in [3.8, 4) is 0 Å². The van der Waals surface area contributed by atoms with Gasteiger partial charge >= 0.3 is 0 Å². The Morgan fingerprint density at radius 2 is 1.77 bits per heavy atom. The van der Waals surface area contributed by atoms with Crippen molar-refractivity contribution in [3.05, 3.63) is 87.7 Å². The lowest BCUT2D eigenvalue weighted by molar-refractivity contribution is 0.0950. The summed E-state index contributed by atoms with van der Waals surface area (Å²) in [5.41, 5.74) is 7.22. The Labute approximate surface area is 154 Å². The minimum atomic E-state index is -0.0443. The minimum absolute atomic E-state index is 0.0443. The highest BCUT2D eigenvalue weighted by Gasteiger charge is 2.14. The van der Waals surface area contributed by atoms with Crippen LogP contribution in [0.5, 0.6) is 0 Å². The van der Waals surface area contributed by atoms with E-state index < -0.39 is 0 Å². The second kappa shape index (κ2) is 7.56. The van der Waals surface area contributed by atoms with Crippen LogP contribution in [0.2, 0.25) is 0 Å². The molecule has 0 atom stereocenters. The molecule has 26 heavy (non-hydrogen) atoms. The van der Waals surface area contributed by atoms with Crippen molar-refractivity contribution in [1.82, 2.24) is 15.1 Å². The van der Waals surface area contributed by atoms with Gasteiger partial charge < -0.3 is 5.32 Å². The van der Waals surface area contributed by atoms with E-state index >= 15 is 0 Å². The van der Waals surface area contributed by atoms with Gasteiger partial charge in [0.1, 0.15) is 0 Å². The number of hydrogen-bond acceptors (Lipinski definition) is 2. The van der Waals surface area contributed by atoms with Crippen LogP contribution in [0.4, 0.5) is 0 Å². The van der Waals surface area contributed by atoms with E-state index in [4.69, 9.17) is 0 Å². The summed E-state index contributed by atoms with van der Waals surface area (Å²) < 4.78 is 2.00. The van der Waals surface area contributed by atoms with E-state index in [2.05, 4.69) is 29.5 Å². The largest absolute Gasteiger partial charge is 0.348 e. The van der Waals surface area contributed by atoms with Gasteiger partial charge in [-0.15, -0.1) is 0 Å². The SMILES string of the molecule is Cc1ccc(C(=O)NCc2c(C)nn(Cc3ccccc3)c2C)c(C)c1. The smallest absolute Gasteiger partial charge is 0.251 e. The van der Waals surface area contributed by atoms with Crippen molar-refractivity contribution in [2.24, 2.45) is 0 Å². The van der Waals surface area contributed by atoms with Gasteiger partial charge in [0.2, 0.25) is 0 Å². The number of carbonyl (C=O) groups excluding carboxylic acids is 1. The van der Waals surface area contributed by atoms with E-state index in [-0.39, 0.29) is 5.91 Å². The highest BCUT2D eigenvalue weighted by Crippen LogP contribution is 2.16. The number of hydrogen-bond donors (Lipinski definition) is 1. The summed E-state index contributed by atoms with van der Waals surface area (Å²) in [5, 5.41) is 7.69. The molecule has 1 N–H and O–H groups in total. The number of carbonyl (C=O) groups is 1. The van der Waals surface area contributed by atoms with Gasteiger partial charge in [-0.05, 0) is 44.9 Å². The van der Waals surface area contributed by atoms with Crippen LogP contribution in [0.25, 0.3) is 0 Å². The first-order chi connectivity index (χ1) is 12.5. The summed E-state index contributed by atoms with van der Waals surface area (Å²) in [4.78, 5) is 12.5. The van der Waals surface area contributed by atoms with Crippen molar-refractivity contribution in [2.45, 2.75) is 40.8 Å². The summed E-state index contributed by atoms with van der Waals surface area (Å²) in [6.45, 7) is 9.27. The Morgan fingerprint density at radius 3 is 2.46 bits per heavy atom. The number of amides is 1.